The van der Waals surface area contributed by atoms with Crippen molar-refractivity contribution in [1.82, 2.24) is 4.90 Å². The number of primary amides is 1. The lowest BCUT2D eigenvalue weighted by Crippen LogP contribution is -2.61. The maximum atomic E-state index is 12.6. The highest BCUT2D eigenvalue weighted by Gasteiger charge is 2.45. The first kappa shape index (κ1) is 22.9. The minimum Gasteiger partial charge on any atom is -0.460 e. The number of unbranched alkanes of at least 4 members (excludes halogenated alkanes) is 1. The fourth-order valence-electron chi connectivity index (χ4n) is 3.49. The Balaban J connectivity index is 3.06. The molecule has 1 rings (SSSR count). The van der Waals surface area contributed by atoms with Crippen LogP contribution >= 0.6 is 0 Å². The third-order valence-corrected chi connectivity index (χ3v) is 4.97. The molecule has 0 aromatic heterocycles. The summed E-state index contributed by atoms with van der Waals surface area (Å²) in [6.07, 6.45) is 4.87. The Kier molecular flexibility index (Phi) is 9.00. The van der Waals surface area contributed by atoms with Crippen molar-refractivity contribution in [2.24, 2.45) is 11.5 Å². The number of esters is 1. The molecule has 7 nitrogen and oxygen atoms in total. The van der Waals surface area contributed by atoms with Gasteiger partial charge in [0.05, 0.1) is 13.0 Å². The first-order valence-corrected chi connectivity index (χ1v) is 9.65. The third kappa shape index (κ3) is 6.85. The average molecular weight is 372 g/mol. The summed E-state index contributed by atoms with van der Waals surface area (Å²) in [6.45, 7) is 7.25. The van der Waals surface area contributed by atoms with Gasteiger partial charge in [-0.3, -0.25) is 14.5 Å². The molecular formula is C19H37N3O4. The summed E-state index contributed by atoms with van der Waals surface area (Å²) in [7, 11) is 1.87. The number of carbonyl (C=O) groups is 2. The van der Waals surface area contributed by atoms with Gasteiger partial charge in [-0.2, -0.15) is 0 Å². The molecule has 0 aromatic rings. The Morgan fingerprint density at radius 2 is 1.92 bits per heavy atom. The van der Waals surface area contributed by atoms with Gasteiger partial charge >= 0.3 is 5.97 Å². The van der Waals surface area contributed by atoms with E-state index in [1.54, 1.807) is 0 Å². The van der Waals surface area contributed by atoms with Gasteiger partial charge in [0.2, 0.25) is 5.91 Å². The maximum Gasteiger partial charge on any atom is 0.308 e. The molecule has 4 N–H and O–H groups in total. The molecule has 1 aliphatic rings. The Hall–Kier alpha value is -1.18. The van der Waals surface area contributed by atoms with Crippen molar-refractivity contribution in [2.45, 2.75) is 82.9 Å². The topological polar surface area (TPSA) is 108 Å². The Morgan fingerprint density at radius 1 is 1.23 bits per heavy atom. The number of hydrogen-bond donors (Lipinski definition) is 2. The van der Waals surface area contributed by atoms with Gasteiger partial charge in [0.25, 0.3) is 0 Å². The molecule has 0 aromatic carbocycles. The van der Waals surface area contributed by atoms with Crippen molar-refractivity contribution in [3.05, 3.63) is 0 Å². The van der Waals surface area contributed by atoms with Crippen molar-refractivity contribution in [3.63, 3.8) is 0 Å². The molecule has 2 atom stereocenters. The summed E-state index contributed by atoms with van der Waals surface area (Å²) >= 11 is 0. The molecule has 0 radical (unpaired) electrons. The minimum absolute atomic E-state index is 0.0466. The van der Waals surface area contributed by atoms with Crippen molar-refractivity contribution >= 4 is 11.9 Å². The summed E-state index contributed by atoms with van der Waals surface area (Å²) in [5.41, 5.74) is 9.77. The lowest BCUT2D eigenvalue weighted by atomic mass is 9.84. The second-order valence-electron chi connectivity index (χ2n) is 8.24. The molecule has 1 saturated heterocycles. The molecule has 1 heterocycles. The van der Waals surface area contributed by atoms with Crippen LogP contribution < -0.4 is 11.5 Å². The Labute approximate surface area is 157 Å². The summed E-state index contributed by atoms with van der Waals surface area (Å²) in [6, 6.07) is 0.0466. The van der Waals surface area contributed by atoms with Crippen molar-refractivity contribution in [1.29, 1.82) is 0 Å². The van der Waals surface area contributed by atoms with E-state index >= 15 is 0 Å². The average Bonchev–Trinajstić information content (AvgIpc) is 2.80. The SMILES string of the molecule is CN(C1CCCCOC1)[C@](CCCCN)(CC(=O)OC(C)(C)C)C(N)=O. The lowest BCUT2D eigenvalue weighted by Gasteiger charge is -2.43. The molecule has 1 unspecified atom stereocenters. The van der Waals surface area contributed by atoms with E-state index in [9.17, 15) is 9.59 Å². The Morgan fingerprint density at radius 3 is 2.50 bits per heavy atom. The van der Waals surface area contributed by atoms with E-state index < -0.39 is 23.0 Å². The lowest BCUT2D eigenvalue weighted by molar-refractivity contribution is -0.162. The number of carbonyl (C=O) groups excluding carboxylic acids is 2. The largest absolute Gasteiger partial charge is 0.460 e. The molecule has 0 spiro atoms. The zero-order valence-electron chi connectivity index (χ0n) is 16.9. The van der Waals surface area contributed by atoms with Crippen LogP contribution in [-0.4, -0.2) is 60.8 Å². The van der Waals surface area contributed by atoms with Gasteiger partial charge in [0.15, 0.2) is 0 Å². The minimum atomic E-state index is -1.09. The van der Waals surface area contributed by atoms with E-state index in [1.165, 1.54) is 0 Å². The molecule has 152 valence electrons. The molecule has 1 amide bonds. The predicted octanol–water partition coefficient (Wildman–Crippen LogP) is 1.57. The summed E-state index contributed by atoms with van der Waals surface area (Å²) in [5.74, 6) is -0.905. The van der Waals surface area contributed by atoms with Gasteiger partial charge in [-0.25, -0.2) is 0 Å². The standard InChI is InChI=1S/C19H37N3O4/c1-18(2,3)26-16(23)13-19(17(21)24,10-6-7-11-20)22(4)15-9-5-8-12-25-14-15/h15H,5-14,20H2,1-4H3,(H2,21,24)/t15?,19-/m1/s1. The number of nitrogens with two attached hydrogens (primary N) is 2. The molecule has 26 heavy (non-hydrogen) atoms. The highest BCUT2D eigenvalue weighted by atomic mass is 16.6. The molecule has 0 saturated carbocycles. The van der Waals surface area contributed by atoms with Crippen molar-refractivity contribution < 1.29 is 19.1 Å². The van der Waals surface area contributed by atoms with Crippen LogP contribution in [0.2, 0.25) is 0 Å². The van der Waals surface area contributed by atoms with E-state index in [0.717, 1.165) is 38.7 Å². The van der Waals surface area contributed by atoms with Crippen LogP contribution in [-0.2, 0) is 19.1 Å². The normalized spacial score (nSPS) is 21.1. The highest BCUT2D eigenvalue weighted by molar-refractivity contribution is 5.89. The quantitative estimate of drug-likeness (QED) is 0.470. The fraction of sp³-hybridized carbons (Fsp3) is 0.895. The van der Waals surface area contributed by atoms with Crippen molar-refractivity contribution in [2.75, 3.05) is 26.8 Å². The zero-order valence-corrected chi connectivity index (χ0v) is 16.9. The van der Waals surface area contributed by atoms with Crippen molar-refractivity contribution in [3.8, 4) is 0 Å². The first-order chi connectivity index (χ1) is 12.1. The molecular weight excluding hydrogens is 334 g/mol. The van der Waals surface area contributed by atoms with Crippen LogP contribution in [0.4, 0.5) is 0 Å². The van der Waals surface area contributed by atoms with Crippen LogP contribution in [0.25, 0.3) is 0 Å². The van der Waals surface area contributed by atoms with Crippen LogP contribution in [0.5, 0.6) is 0 Å². The maximum absolute atomic E-state index is 12.6. The number of ether oxygens (including phenoxy) is 2. The number of rotatable bonds is 9. The van der Waals surface area contributed by atoms with Crippen LogP contribution in [0.15, 0.2) is 0 Å². The number of likely N-dealkylation sites (N-methyl/N-ethyl adjacent to an activating group) is 1. The second-order valence-corrected chi connectivity index (χ2v) is 8.24. The number of nitrogens with zero attached hydrogens (tertiary/aromatic N) is 1. The smallest absolute Gasteiger partial charge is 0.308 e. The summed E-state index contributed by atoms with van der Waals surface area (Å²) in [4.78, 5) is 27.1. The van der Waals surface area contributed by atoms with Gasteiger partial charge in [-0.1, -0.05) is 0 Å². The monoisotopic (exact) mass is 371 g/mol. The van der Waals surface area contributed by atoms with Crippen LogP contribution in [0.3, 0.4) is 0 Å². The van der Waals surface area contributed by atoms with Gasteiger partial charge < -0.3 is 20.9 Å². The van der Waals surface area contributed by atoms with Gasteiger partial charge in [0, 0.05) is 12.6 Å². The number of amides is 1. The van der Waals surface area contributed by atoms with E-state index in [4.69, 9.17) is 20.9 Å². The van der Waals surface area contributed by atoms with Gasteiger partial charge in [-0.15, -0.1) is 0 Å². The molecule has 1 fully saturated rings. The summed E-state index contributed by atoms with van der Waals surface area (Å²) < 4.78 is 11.2. The molecule has 0 aliphatic carbocycles. The second kappa shape index (κ2) is 10.2. The zero-order chi connectivity index (χ0) is 19.8. The third-order valence-electron chi connectivity index (χ3n) is 4.97. The van der Waals surface area contributed by atoms with E-state index in [1.807, 2.05) is 32.7 Å². The predicted molar refractivity (Wildman–Crippen MR) is 102 cm³/mol. The Bertz CT molecular complexity index is 456. The van der Waals surface area contributed by atoms with Crippen LogP contribution in [0, 0.1) is 0 Å². The van der Waals surface area contributed by atoms with Crippen LogP contribution in [0.1, 0.15) is 65.7 Å². The fourth-order valence-corrected chi connectivity index (χ4v) is 3.49. The molecule has 7 heteroatoms. The van der Waals surface area contributed by atoms with Gasteiger partial charge in [-0.05, 0) is 72.9 Å². The van der Waals surface area contributed by atoms with Gasteiger partial charge in [0.1, 0.15) is 11.1 Å². The molecule has 1 aliphatic heterocycles. The van der Waals surface area contributed by atoms with E-state index in [-0.39, 0.29) is 12.5 Å². The summed E-state index contributed by atoms with van der Waals surface area (Å²) in [5, 5.41) is 0. The highest BCUT2D eigenvalue weighted by Crippen LogP contribution is 2.31. The van der Waals surface area contributed by atoms with E-state index in [2.05, 4.69) is 0 Å². The number of hydrogen-bond acceptors (Lipinski definition) is 6. The molecule has 0 bridgehead atoms. The van der Waals surface area contributed by atoms with E-state index in [0.29, 0.717) is 19.6 Å². The first-order valence-electron chi connectivity index (χ1n) is 9.65.